The molecule has 4 heterocycles. The Morgan fingerprint density at radius 2 is 1.76 bits per heavy atom. The zero-order valence-electron chi connectivity index (χ0n) is 18.1. The molecule has 0 bridgehead atoms. The Kier molecular flexibility index (Phi) is 6.36. The molecule has 160 valence electrons. The smallest absolute Gasteiger partial charge is 0.146 e. The molecule has 2 saturated heterocycles. The quantitative estimate of drug-likeness (QED) is 0.772. The van der Waals surface area contributed by atoms with Gasteiger partial charge in [-0.25, -0.2) is 9.97 Å². The Hall–Kier alpha value is -1.32. The van der Waals surface area contributed by atoms with Gasteiger partial charge >= 0.3 is 0 Å². The number of fused-ring (bicyclic) bond motifs is 1. The van der Waals surface area contributed by atoms with E-state index in [1.54, 1.807) is 11.3 Å². The SMILES string of the molecule is Cc1sc2nc(CN3CCOCC3)nc(NCC3(N(C)C)CCOCC3)c2c1C. The first-order valence-electron chi connectivity index (χ1n) is 10.5. The molecule has 0 unspecified atom stereocenters. The van der Waals surface area contributed by atoms with Crippen molar-refractivity contribution in [1.29, 1.82) is 0 Å². The Morgan fingerprint density at radius 3 is 2.45 bits per heavy atom. The molecule has 1 N–H and O–H groups in total. The van der Waals surface area contributed by atoms with E-state index in [2.05, 4.69) is 43.1 Å². The van der Waals surface area contributed by atoms with Gasteiger partial charge in [0.25, 0.3) is 0 Å². The maximum Gasteiger partial charge on any atom is 0.146 e. The van der Waals surface area contributed by atoms with Crippen LogP contribution in [0.5, 0.6) is 0 Å². The molecule has 0 radical (unpaired) electrons. The van der Waals surface area contributed by atoms with Crippen molar-refractivity contribution in [3.8, 4) is 0 Å². The van der Waals surface area contributed by atoms with Crippen molar-refractivity contribution in [3.63, 3.8) is 0 Å². The average Bonchev–Trinajstić information content (AvgIpc) is 3.01. The van der Waals surface area contributed by atoms with Gasteiger partial charge < -0.3 is 19.7 Å². The molecule has 29 heavy (non-hydrogen) atoms. The van der Waals surface area contributed by atoms with Crippen LogP contribution in [0.3, 0.4) is 0 Å². The minimum atomic E-state index is 0.0961. The molecule has 0 aliphatic carbocycles. The maximum atomic E-state index is 5.63. The second kappa shape index (κ2) is 8.81. The minimum absolute atomic E-state index is 0.0961. The Morgan fingerprint density at radius 1 is 1.07 bits per heavy atom. The van der Waals surface area contributed by atoms with Gasteiger partial charge in [0.05, 0.1) is 25.1 Å². The third-order valence-corrected chi connectivity index (χ3v) is 7.60. The molecule has 0 atom stereocenters. The van der Waals surface area contributed by atoms with Gasteiger partial charge in [-0.2, -0.15) is 0 Å². The zero-order valence-corrected chi connectivity index (χ0v) is 18.9. The fraction of sp³-hybridized carbons (Fsp3) is 0.714. The Labute approximate surface area is 177 Å². The highest BCUT2D eigenvalue weighted by Gasteiger charge is 2.35. The van der Waals surface area contributed by atoms with Gasteiger partial charge in [0, 0.05) is 43.3 Å². The molecule has 2 aliphatic heterocycles. The van der Waals surface area contributed by atoms with Crippen molar-refractivity contribution in [2.45, 2.75) is 38.8 Å². The van der Waals surface area contributed by atoms with Crippen LogP contribution in [0.1, 0.15) is 29.1 Å². The molecule has 4 rings (SSSR count). The largest absolute Gasteiger partial charge is 0.381 e. The molecule has 2 aliphatic rings. The van der Waals surface area contributed by atoms with Crippen LogP contribution >= 0.6 is 11.3 Å². The van der Waals surface area contributed by atoms with Crippen molar-refractivity contribution in [2.75, 3.05) is 65.5 Å². The van der Waals surface area contributed by atoms with Crippen molar-refractivity contribution in [3.05, 3.63) is 16.3 Å². The lowest BCUT2D eigenvalue weighted by atomic mass is 9.88. The van der Waals surface area contributed by atoms with Crippen LogP contribution in [0.25, 0.3) is 10.2 Å². The van der Waals surface area contributed by atoms with Crippen LogP contribution in [0, 0.1) is 13.8 Å². The molecule has 2 fully saturated rings. The lowest BCUT2D eigenvalue weighted by Gasteiger charge is -2.43. The second-order valence-corrected chi connectivity index (χ2v) is 9.63. The number of rotatable bonds is 6. The number of aromatic nitrogens is 2. The molecule has 2 aromatic heterocycles. The summed E-state index contributed by atoms with van der Waals surface area (Å²) in [4.78, 5) is 17.0. The summed E-state index contributed by atoms with van der Waals surface area (Å²) in [5.74, 6) is 1.88. The summed E-state index contributed by atoms with van der Waals surface area (Å²) in [5, 5.41) is 4.91. The van der Waals surface area contributed by atoms with Gasteiger partial charge in [0.2, 0.25) is 0 Å². The number of likely N-dealkylation sites (N-methyl/N-ethyl adjacent to an activating group) is 1. The molecule has 7 nitrogen and oxygen atoms in total. The Balaban J connectivity index is 1.62. The van der Waals surface area contributed by atoms with E-state index in [0.29, 0.717) is 0 Å². The van der Waals surface area contributed by atoms with Crippen LogP contribution in [0.2, 0.25) is 0 Å². The highest BCUT2D eigenvalue weighted by molar-refractivity contribution is 7.18. The van der Waals surface area contributed by atoms with E-state index < -0.39 is 0 Å². The van der Waals surface area contributed by atoms with E-state index in [1.807, 2.05) is 0 Å². The number of thiophene rings is 1. The molecule has 0 saturated carbocycles. The van der Waals surface area contributed by atoms with Crippen LogP contribution < -0.4 is 5.32 Å². The fourth-order valence-electron chi connectivity index (χ4n) is 4.23. The molecule has 0 amide bonds. The third-order valence-electron chi connectivity index (χ3n) is 6.50. The summed E-state index contributed by atoms with van der Waals surface area (Å²) in [6.07, 6.45) is 2.06. The van der Waals surface area contributed by atoms with Gasteiger partial charge in [0.15, 0.2) is 0 Å². The summed E-state index contributed by atoms with van der Waals surface area (Å²) in [5.41, 5.74) is 1.38. The maximum absolute atomic E-state index is 5.63. The number of aryl methyl sites for hydroxylation is 2. The molecular formula is C21H33N5O2S. The molecule has 8 heteroatoms. The van der Waals surface area contributed by atoms with E-state index in [-0.39, 0.29) is 5.54 Å². The highest BCUT2D eigenvalue weighted by atomic mass is 32.1. The average molecular weight is 420 g/mol. The van der Waals surface area contributed by atoms with Gasteiger partial charge in [-0.05, 0) is 46.3 Å². The number of ether oxygens (including phenoxy) is 2. The normalized spacial score (nSPS) is 20.4. The van der Waals surface area contributed by atoms with Gasteiger partial charge in [-0.1, -0.05) is 0 Å². The van der Waals surface area contributed by atoms with E-state index >= 15 is 0 Å². The standard InChI is InChI=1S/C21H33N5O2S/c1-15-16(2)29-20-18(15)19(22-14-21(25(3)4)5-9-27-10-6-21)23-17(24-20)13-26-7-11-28-12-8-26/h5-14H2,1-4H3,(H,22,23,24). The van der Waals surface area contributed by atoms with Crippen LogP contribution in [0.15, 0.2) is 0 Å². The third kappa shape index (κ3) is 4.41. The summed E-state index contributed by atoms with van der Waals surface area (Å²) in [6.45, 7) is 11.1. The number of nitrogens with zero attached hydrogens (tertiary/aromatic N) is 4. The van der Waals surface area contributed by atoms with E-state index in [9.17, 15) is 0 Å². The molecule has 0 aromatic carbocycles. The minimum Gasteiger partial charge on any atom is -0.381 e. The van der Waals surface area contributed by atoms with Gasteiger partial charge in [-0.15, -0.1) is 11.3 Å². The number of morpholine rings is 1. The van der Waals surface area contributed by atoms with Crippen molar-refractivity contribution < 1.29 is 9.47 Å². The molecule has 0 spiro atoms. The summed E-state index contributed by atoms with van der Waals surface area (Å²) < 4.78 is 11.1. The predicted octanol–water partition coefficient (Wildman–Crippen LogP) is 2.66. The first-order valence-corrected chi connectivity index (χ1v) is 11.4. The highest BCUT2D eigenvalue weighted by Crippen LogP contribution is 2.34. The fourth-order valence-corrected chi connectivity index (χ4v) is 5.28. The van der Waals surface area contributed by atoms with Crippen LogP contribution in [-0.4, -0.2) is 85.5 Å². The second-order valence-electron chi connectivity index (χ2n) is 8.43. The first kappa shape index (κ1) is 20.9. The lowest BCUT2D eigenvalue weighted by molar-refractivity contribution is -0.000659. The Bertz CT molecular complexity index is 841. The summed E-state index contributed by atoms with van der Waals surface area (Å²) >= 11 is 1.77. The summed E-state index contributed by atoms with van der Waals surface area (Å²) in [7, 11) is 4.35. The van der Waals surface area contributed by atoms with E-state index in [0.717, 1.165) is 81.9 Å². The number of anilines is 1. The topological polar surface area (TPSA) is 62.8 Å². The first-order chi connectivity index (χ1) is 14.0. The molecule has 2 aromatic rings. The van der Waals surface area contributed by atoms with Gasteiger partial charge in [0.1, 0.15) is 16.5 Å². The van der Waals surface area contributed by atoms with Crippen LogP contribution in [-0.2, 0) is 16.0 Å². The van der Waals surface area contributed by atoms with Gasteiger partial charge in [-0.3, -0.25) is 4.90 Å². The zero-order chi connectivity index (χ0) is 20.4. The number of nitrogens with one attached hydrogen (secondary N) is 1. The van der Waals surface area contributed by atoms with E-state index in [4.69, 9.17) is 19.4 Å². The van der Waals surface area contributed by atoms with Crippen molar-refractivity contribution in [1.82, 2.24) is 19.8 Å². The summed E-state index contributed by atoms with van der Waals surface area (Å²) in [6, 6.07) is 0. The van der Waals surface area contributed by atoms with Crippen LogP contribution in [0.4, 0.5) is 5.82 Å². The molecular weight excluding hydrogens is 386 g/mol. The van der Waals surface area contributed by atoms with Crippen molar-refractivity contribution in [2.24, 2.45) is 0 Å². The number of hydrogen-bond acceptors (Lipinski definition) is 8. The van der Waals surface area contributed by atoms with E-state index in [1.165, 1.54) is 15.8 Å². The monoisotopic (exact) mass is 419 g/mol. The predicted molar refractivity (Wildman–Crippen MR) is 118 cm³/mol. The van der Waals surface area contributed by atoms with Crippen molar-refractivity contribution >= 4 is 27.4 Å². The number of hydrogen-bond donors (Lipinski definition) is 1. The lowest BCUT2D eigenvalue weighted by Crippen LogP contribution is -2.53.